The van der Waals surface area contributed by atoms with Gasteiger partial charge in [-0.3, -0.25) is 4.99 Å². The summed E-state index contributed by atoms with van der Waals surface area (Å²) >= 11 is 11.5. The molecule has 1 rings (SSSR count). The molecule has 0 radical (unpaired) electrons. The lowest BCUT2D eigenvalue weighted by atomic mass is 10.2. The Bertz CT molecular complexity index is 299. The maximum atomic E-state index is 5.78. The lowest BCUT2D eigenvalue weighted by Crippen LogP contribution is -1.75. The summed E-state index contributed by atoms with van der Waals surface area (Å²) in [6.07, 6.45) is 1.66. The van der Waals surface area contributed by atoms with Crippen molar-refractivity contribution in [2.24, 2.45) is 4.99 Å². The van der Waals surface area contributed by atoms with E-state index in [1.165, 1.54) is 0 Å². The van der Waals surface area contributed by atoms with Crippen molar-refractivity contribution in [2.45, 2.75) is 0 Å². The van der Waals surface area contributed by atoms with Crippen LogP contribution in [0.3, 0.4) is 0 Å². The molecule has 0 aliphatic carbocycles. The standard InChI is InChI=1S/C9H7Cl2N/c1-3-6-4-7(10)8(11)5-9(6)12-2/h3-5H,1-2H2. The number of nitrogens with zero attached hydrogens (tertiary/aromatic N) is 1. The summed E-state index contributed by atoms with van der Waals surface area (Å²) in [4.78, 5) is 3.78. The largest absolute Gasteiger partial charge is 0.264 e. The summed E-state index contributed by atoms with van der Waals surface area (Å²) in [5, 5.41) is 0.976. The zero-order valence-electron chi connectivity index (χ0n) is 6.35. The number of halogens is 2. The van der Waals surface area contributed by atoms with E-state index in [4.69, 9.17) is 23.2 Å². The predicted molar refractivity (Wildman–Crippen MR) is 55.8 cm³/mol. The lowest BCUT2D eigenvalue weighted by molar-refractivity contribution is 1.52. The fourth-order valence-corrected chi connectivity index (χ4v) is 1.18. The molecule has 0 N–H and O–H groups in total. The van der Waals surface area contributed by atoms with Gasteiger partial charge in [0.25, 0.3) is 0 Å². The molecule has 1 nitrogen and oxygen atoms in total. The number of rotatable bonds is 2. The molecule has 0 amide bonds. The molecule has 3 heteroatoms. The minimum absolute atomic E-state index is 0.477. The van der Waals surface area contributed by atoms with Crippen LogP contribution in [0.2, 0.25) is 10.0 Å². The third kappa shape index (κ3) is 1.68. The highest BCUT2D eigenvalue weighted by molar-refractivity contribution is 6.42. The van der Waals surface area contributed by atoms with Crippen molar-refractivity contribution in [1.82, 2.24) is 0 Å². The zero-order valence-corrected chi connectivity index (χ0v) is 7.86. The normalized spacial score (nSPS) is 9.50. The van der Waals surface area contributed by atoms with Gasteiger partial charge in [-0.25, -0.2) is 0 Å². The summed E-state index contributed by atoms with van der Waals surface area (Å²) in [7, 11) is 0. The maximum absolute atomic E-state index is 5.78. The van der Waals surface area contributed by atoms with E-state index in [9.17, 15) is 0 Å². The molecule has 0 heterocycles. The first-order chi connectivity index (χ1) is 5.69. The van der Waals surface area contributed by atoms with E-state index >= 15 is 0 Å². The first-order valence-corrected chi connectivity index (χ1v) is 4.03. The van der Waals surface area contributed by atoms with E-state index in [-0.39, 0.29) is 0 Å². The molecule has 0 saturated carbocycles. The van der Waals surface area contributed by atoms with E-state index in [2.05, 4.69) is 18.3 Å². The summed E-state index contributed by atoms with van der Waals surface area (Å²) in [5.41, 5.74) is 1.53. The highest BCUT2D eigenvalue weighted by atomic mass is 35.5. The quantitative estimate of drug-likeness (QED) is 0.640. The first kappa shape index (κ1) is 9.30. The van der Waals surface area contributed by atoms with Gasteiger partial charge in [0, 0.05) is 5.56 Å². The second-order valence-electron chi connectivity index (χ2n) is 2.19. The van der Waals surface area contributed by atoms with Gasteiger partial charge in [-0.2, -0.15) is 0 Å². The smallest absolute Gasteiger partial charge is 0.0710 e. The van der Waals surface area contributed by atoms with Gasteiger partial charge in [0.2, 0.25) is 0 Å². The van der Waals surface area contributed by atoms with Crippen LogP contribution in [0.25, 0.3) is 6.08 Å². The van der Waals surface area contributed by atoms with Crippen LogP contribution in [0.1, 0.15) is 5.56 Å². The second kappa shape index (κ2) is 3.74. The lowest BCUT2D eigenvalue weighted by Gasteiger charge is -2.02. The Morgan fingerprint density at radius 1 is 1.25 bits per heavy atom. The molecule has 0 fully saturated rings. The minimum atomic E-state index is 0.477. The van der Waals surface area contributed by atoms with Gasteiger partial charge >= 0.3 is 0 Å². The molecule has 0 atom stereocenters. The summed E-state index contributed by atoms with van der Waals surface area (Å²) < 4.78 is 0. The molecule has 62 valence electrons. The van der Waals surface area contributed by atoms with E-state index in [0.29, 0.717) is 15.7 Å². The molecule has 1 aromatic carbocycles. The van der Waals surface area contributed by atoms with Crippen LogP contribution >= 0.6 is 23.2 Å². The molecule has 0 spiro atoms. The summed E-state index contributed by atoms with van der Waals surface area (Å²) in [6, 6.07) is 3.37. The fraction of sp³-hybridized carbons (Fsp3) is 0. The molecule has 1 aromatic rings. The second-order valence-corrected chi connectivity index (χ2v) is 3.00. The Hall–Kier alpha value is -0.790. The molecule has 0 bridgehead atoms. The third-order valence-electron chi connectivity index (χ3n) is 1.46. The Morgan fingerprint density at radius 3 is 2.33 bits per heavy atom. The van der Waals surface area contributed by atoms with E-state index in [0.717, 1.165) is 5.56 Å². The average Bonchev–Trinajstić information content (AvgIpc) is 2.09. The third-order valence-corrected chi connectivity index (χ3v) is 2.18. The van der Waals surface area contributed by atoms with Gasteiger partial charge in [-0.15, -0.1) is 0 Å². The monoisotopic (exact) mass is 199 g/mol. The number of aliphatic imine (C=N–C) groups is 1. The maximum Gasteiger partial charge on any atom is 0.0710 e. The van der Waals surface area contributed by atoms with Crippen LogP contribution in [0.5, 0.6) is 0 Å². The van der Waals surface area contributed by atoms with Crippen LogP contribution in [0, 0.1) is 0 Å². The molecule has 0 aromatic heterocycles. The topological polar surface area (TPSA) is 12.4 Å². The Morgan fingerprint density at radius 2 is 1.83 bits per heavy atom. The zero-order chi connectivity index (χ0) is 9.14. The summed E-state index contributed by atoms with van der Waals surface area (Å²) in [6.45, 7) is 7.03. The number of benzene rings is 1. The predicted octanol–water partition coefficient (Wildman–Crippen LogP) is 3.97. The molecule has 12 heavy (non-hydrogen) atoms. The number of hydrogen-bond acceptors (Lipinski definition) is 1. The van der Waals surface area contributed by atoms with Crippen LogP contribution in [-0.4, -0.2) is 6.72 Å². The highest BCUT2D eigenvalue weighted by Crippen LogP contribution is 2.30. The Balaban J connectivity index is 3.37. The van der Waals surface area contributed by atoms with Gasteiger partial charge in [-0.1, -0.05) is 35.9 Å². The molecular weight excluding hydrogens is 193 g/mol. The molecular formula is C9H7Cl2N. The number of hydrogen-bond donors (Lipinski definition) is 0. The van der Waals surface area contributed by atoms with Crippen LogP contribution in [-0.2, 0) is 0 Å². The Kier molecular flexibility index (Phi) is 2.90. The van der Waals surface area contributed by atoms with Crippen molar-refractivity contribution >= 4 is 41.7 Å². The van der Waals surface area contributed by atoms with Crippen molar-refractivity contribution in [2.75, 3.05) is 0 Å². The first-order valence-electron chi connectivity index (χ1n) is 3.27. The van der Waals surface area contributed by atoms with E-state index in [1.807, 2.05) is 0 Å². The average molecular weight is 200 g/mol. The van der Waals surface area contributed by atoms with Crippen LogP contribution in [0.4, 0.5) is 5.69 Å². The van der Waals surface area contributed by atoms with Gasteiger partial charge in [0.15, 0.2) is 0 Å². The summed E-state index contributed by atoms with van der Waals surface area (Å²) in [5.74, 6) is 0. The van der Waals surface area contributed by atoms with Crippen LogP contribution in [0.15, 0.2) is 23.7 Å². The van der Waals surface area contributed by atoms with Crippen molar-refractivity contribution < 1.29 is 0 Å². The van der Waals surface area contributed by atoms with E-state index in [1.54, 1.807) is 18.2 Å². The molecule has 0 saturated heterocycles. The highest BCUT2D eigenvalue weighted by Gasteiger charge is 2.02. The molecule has 0 aliphatic rings. The van der Waals surface area contributed by atoms with Gasteiger partial charge < -0.3 is 0 Å². The van der Waals surface area contributed by atoms with Gasteiger partial charge in [0.1, 0.15) is 0 Å². The Labute approximate surface area is 81.3 Å². The molecule has 0 aliphatic heterocycles. The van der Waals surface area contributed by atoms with Crippen molar-refractivity contribution in [3.05, 3.63) is 34.3 Å². The van der Waals surface area contributed by atoms with Crippen LogP contribution < -0.4 is 0 Å². The van der Waals surface area contributed by atoms with E-state index < -0.39 is 0 Å². The van der Waals surface area contributed by atoms with Crippen molar-refractivity contribution in [3.8, 4) is 0 Å². The molecule has 0 unspecified atom stereocenters. The van der Waals surface area contributed by atoms with Gasteiger partial charge in [0.05, 0.1) is 15.7 Å². The fourth-order valence-electron chi connectivity index (χ4n) is 0.852. The van der Waals surface area contributed by atoms with Crippen molar-refractivity contribution in [1.29, 1.82) is 0 Å². The van der Waals surface area contributed by atoms with Gasteiger partial charge in [-0.05, 0) is 18.9 Å². The minimum Gasteiger partial charge on any atom is -0.264 e. The SMILES string of the molecule is C=Cc1cc(Cl)c(Cl)cc1N=C. The van der Waals surface area contributed by atoms with Crippen molar-refractivity contribution in [3.63, 3.8) is 0 Å².